The van der Waals surface area contributed by atoms with E-state index >= 15 is 0 Å². The summed E-state index contributed by atoms with van der Waals surface area (Å²) in [6.45, 7) is 4.23. The molecule has 2 N–H and O–H groups in total. The fourth-order valence-electron chi connectivity index (χ4n) is 7.57. The Labute approximate surface area is 296 Å². The molecule has 2 unspecified atom stereocenters. The summed E-state index contributed by atoms with van der Waals surface area (Å²) in [5, 5.41) is 5.60. The van der Waals surface area contributed by atoms with E-state index in [0.29, 0.717) is 59.8 Å². The summed E-state index contributed by atoms with van der Waals surface area (Å²) < 4.78 is 25.8. The third-order valence-electron chi connectivity index (χ3n) is 10.2. The molecule has 0 spiro atoms. The lowest BCUT2D eigenvalue weighted by Crippen LogP contribution is -2.29. The number of nitrogen functional groups attached to an aromatic ring is 1. The predicted octanol–water partition coefficient (Wildman–Crippen LogP) is 6.08. The van der Waals surface area contributed by atoms with Crippen molar-refractivity contribution in [3.05, 3.63) is 67.9 Å². The van der Waals surface area contributed by atoms with Crippen LogP contribution in [0.25, 0.3) is 0 Å². The van der Waals surface area contributed by atoms with Gasteiger partial charge in [-0.2, -0.15) is 15.1 Å². The molecule has 5 aliphatic rings. The standard InChI is InChI=1S/C27H31Cl2N7O3.C8H12FN/c1-34(2)26(37)24-23(29)20-12-35(7-4-8-36(20)33-24)25-17-13-39-21(11-19(17)31-27(32-25)38-3)16-9-15(30)10-18(28)22(16)14-5-6-14;9-5-7-4-8-2-1-3-10(8)6-7/h9-10,14,21H,4-8,11-13,30H2,1-3H3;5,8H,1-4,6H2/b;7-5-. The number of aryl methyl sites for hydroxylation is 1. The molecule has 1 saturated carbocycles. The van der Waals surface area contributed by atoms with E-state index in [9.17, 15) is 9.18 Å². The number of amides is 1. The molecule has 2 saturated heterocycles. The molecular formula is C35H43Cl2FN8O3. The van der Waals surface area contributed by atoms with E-state index in [2.05, 4.69) is 14.9 Å². The number of anilines is 2. The zero-order valence-electron chi connectivity index (χ0n) is 28.2. The average molecular weight is 714 g/mol. The Balaban J connectivity index is 0.000000322. The number of nitrogens with zero attached hydrogens (tertiary/aromatic N) is 7. The van der Waals surface area contributed by atoms with Gasteiger partial charge in [0, 0.05) is 62.5 Å². The number of benzene rings is 1. The minimum Gasteiger partial charge on any atom is -0.467 e. The normalized spacial score (nSPS) is 22.6. The summed E-state index contributed by atoms with van der Waals surface area (Å²) in [5.74, 6) is 0.971. The van der Waals surface area contributed by atoms with Crippen LogP contribution in [-0.2, 0) is 30.9 Å². The van der Waals surface area contributed by atoms with E-state index in [4.69, 9.17) is 48.4 Å². The van der Waals surface area contributed by atoms with Crippen molar-refractivity contribution < 1.29 is 18.7 Å². The molecule has 3 fully saturated rings. The van der Waals surface area contributed by atoms with Gasteiger partial charge in [0.15, 0.2) is 5.69 Å². The molecular weight excluding hydrogens is 670 g/mol. The molecule has 14 heteroatoms. The first-order chi connectivity index (χ1) is 23.6. The molecule has 1 aliphatic carbocycles. The molecule has 49 heavy (non-hydrogen) atoms. The lowest BCUT2D eigenvalue weighted by Gasteiger charge is -2.31. The molecule has 0 radical (unpaired) electrons. The maximum absolute atomic E-state index is 12.6. The van der Waals surface area contributed by atoms with Crippen LogP contribution in [0.1, 0.15) is 89.1 Å². The lowest BCUT2D eigenvalue weighted by atomic mass is 9.92. The molecule has 1 aromatic carbocycles. The van der Waals surface area contributed by atoms with E-state index in [1.54, 1.807) is 21.2 Å². The Morgan fingerprint density at radius 2 is 1.92 bits per heavy atom. The number of nitrogens with two attached hydrogens (primary N) is 1. The van der Waals surface area contributed by atoms with Gasteiger partial charge in [-0.15, -0.1) is 0 Å². The molecule has 0 bridgehead atoms. The number of rotatable bonds is 5. The van der Waals surface area contributed by atoms with Crippen LogP contribution in [0.3, 0.4) is 0 Å². The fourth-order valence-corrected chi connectivity index (χ4v) is 8.23. The van der Waals surface area contributed by atoms with E-state index in [1.807, 2.05) is 16.8 Å². The van der Waals surface area contributed by atoms with Gasteiger partial charge in [-0.3, -0.25) is 14.4 Å². The van der Waals surface area contributed by atoms with Crippen molar-refractivity contribution in [2.24, 2.45) is 0 Å². The Hall–Kier alpha value is -3.45. The first-order valence-electron chi connectivity index (χ1n) is 17.0. The highest BCUT2D eigenvalue weighted by atomic mass is 35.5. The van der Waals surface area contributed by atoms with Crippen molar-refractivity contribution in [2.75, 3.05) is 51.5 Å². The summed E-state index contributed by atoms with van der Waals surface area (Å²) in [4.78, 5) is 28.1. The minimum atomic E-state index is -0.222. The van der Waals surface area contributed by atoms with E-state index in [0.717, 1.165) is 84.6 Å². The van der Waals surface area contributed by atoms with Gasteiger partial charge >= 0.3 is 6.01 Å². The number of halogens is 3. The predicted molar refractivity (Wildman–Crippen MR) is 187 cm³/mol. The third kappa shape index (κ3) is 6.85. The SMILES string of the molecule is COc1nc2c(c(N3CCCn4nc(C(=O)N(C)C)c(Cl)c4C3)n1)COC(c1cc(N)cc(Cl)c1C1CC1)C2.F/C=C1/CC2CCCN2C1. The Bertz CT molecular complexity index is 1760. The highest BCUT2D eigenvalue weighted by Gasteiger charge is 2.36. The second-order valence-corrected chi connectivity index (χ2v) is 14.6. The van der Waals surface area contributed by atoms with Crippen LogP contribution in [0.15, 0.2) is 24.0 Å². The molecule has 4 aliphatic heterocycles. The van der Waals surface area contributed by atoms with Gasteiger partial charge in [0.1, 0.15) is 5.82 Å². The van der Waals surface area contributed by atoms with Gasteiger partial charge in [-0.05, 0) is 79.8 Å². The van der Waals surface area contributed by atoms with Gasteiger partial charge in [0.25, 0.3) is 5.91 Å². The molecule has 3 aromatic rings. The summed E-state index contributed by atoms with van der Waals surface area (Å²) in [7, 11) is 4.94. The fraction of sp³-hybridized carbons (Fsp3) is 0.543. The number of fused-ring (bicyclic) bond motifs is 3. The van der Waals surface area contributed by atoms with Gasteiger partial charge in [0.05, 0.1) is 49.1 Å². The zero-order chi connectivity index (χ0) is 34.4. The van der Waals surface area contributed by atoms with Crippen LogP contribution >= 0.6 is 23.2 Å². The monoisotopic (exact) mass is 712 g/mol. The molecule has 2 aromatic heterocycles. The van der Waals surface area contributed by atoms with Crippen molar-refractivity contribution in [3.8, 4) is 6.01 Å². The minimum absolute atomic E-state index is 0.221. The van der Waals surface area contributed by atoms with Crippen LogP contribution in [0.2, 0.25) is 10.0 Å². The highest BCUT2D eigenvalue weighted by molar-refractivity contribution is 6.34. The summed E-state index contributed by atoms with van der Waals surface area (Å²) in [6.07, 6.45) is 7.73. The summed E-state index contributed by atoms with van der Waals surface area (Å²) >= 11 is 13.3. The Kier molecular flexibility index (Phi) is 9.75. The van der Waals surface area contributed by atoms with Crippen LogP contribution in [0.4, 0.5) is 15.9 Å². The van der Waals surface area contributed by atoms with Crippen LogP contribution in [0.5, 0.6) is 6.01 Å². The van der Waals surface area contributed by atoms with Gasteiger partial charge in [-0.1, -0.05) is 23.2 Å². The molecule has 6 heterocycles. The van der Waals surface area contributed by atoms with Gasteiger partial charge < -0.3 is 25.0 Å². The van der Waals surface area contributed by atoms with Crippen molar-refractivity contribution in [3.63, 3.8) is 0 Å². The molecule has 1 amide bonds. The van der Waals surface area contributed by atoms with E-state index < -0.39 is 0 Å². The number of hydrogen-bond acceptors (Lipinski definition) is 9. The zero-order valence-corrected chi connectivity index (χ0v) is 29.7. The number of aromatic nitrogens is 4. The topological polar surface area (TPSA) is 115 Å². The van der Waals surface area contributed by atoms with Crippen molar-refractivity contribution in [1.29, 1.82) is 0 Å². The van der Waals surface area contributed by atoms with Gasteiger partial charge in [-0.25, -0.2) is 4.39 Å². The number of hydrogen-bond donors (Lipinski definition) is 1. The second-order valence-electron chi connectivity index (χ2n) is 13.8. The number of carbonyl (C=O) groups excluding carboxylic acids is 1. The number of carbonyl (C=O) groups is 1. The molecule has 11 nitrogen and oxygen atoms in total. The number of methoxy groups -OCH3 is 1. The van der Waals surface area contributed by atoms with Crippen LogP contribution in [-0.4, -0.2) is 82.3 Å². The third-order valence-corrected chi connectivity index (χ3v) is 10.9. The largest absolute Gasteiger partial charge is 0.467 e. The molecule has 262 valence electrons. The van der Waals surface area contributed by atoms with Crippen molar-refractivity contribution >= 4 is 40.6 Å². The summed E-state index contributed by atoms with van der Waals surface area (Å²) in [6, 6.07) is 4.79. The second kappa shape index (κ2) is 14.0. The van der Waals surface area contributed by atoms with Gasteiger partial charge in [0.2, 0.25) is 0 Å². The molecule has 8 rings (SSSR count). The van der Waals surface area contributed by atoms with Crippen molar-refractivity contribution in [2.45, 2.75) is 82.7 Å². The molecule has 2 atom stereocenters. The van der Waals surface area contributed by atoms with Crippen LogP contribution in [0, 0.1) is 0 Å². The highest BCUT2D eigenvalue weighted by Crippen LogP contribution is 2.49. The maximum Gasteiger partial charge on any atom is 0.318 e. The summed E-state index contributed by atoms with van der Waals surface area (Å²) in [5.41, 5.74) is 12.8. The van der Waals surface area contributed by atoms with Crippen LogP contribution < -0.4 is 15.4 Å². The number of ether oxygens (including phenoxy) is 2. The smallest absolute Gasteiger partial charge is 0.318 e. The lowest BCUT2D eigenvalue weighted by molar-refractivity contribution is 0.0252. The quantitative estimate of drug-likeness (QED) is 0.314. The first-order valence-corrected chi connectivity index (χ1v) is 17.8. The average Bonchev–Trinajstić information content (AvgIpc) is 3.66. The van der Waals surface area contributed by atoms with Crippen molar-refractivity contribution in [1.82, 2.24) is 29.5 Å². The van der Waals surface area contributed by atoms with E-state index in [1.165, 1.54) is 24.3 Å². The maximum atomic E-state index is 12.6. The first kappa shape index (κ1) is 34.0. The Morgan fingerprint density at radius 1 is 1.10 bits per heavy atom. The van der Waals surface area contributed by atoms with E-state index in [-0.39, 0.29) is 17.7 Å². The Morgan fingerprint density at radius 3 is 2.63 bits per heavy atom.